The lowest BCUT2D eigenvalue weighted by molar-refractivity contribution is 0.0691. The van der Waals surface area contributed by atoms with Gasteiger partial charge in [0, 0.05) is 5.56 Å². The molecule has 0 aliphatic rings. The van der Waals surface area contributed by atoms with Crippen LogP contribution in [-0.2, 0) is 6.42 Å². The Balaban J connectivity index is 2.17. The SMILES string of the molecule is CCc1ccc(-n2nnc(C(=O)O)c2-c2ccc(C)cc2)cc1. The van der Waals surface area contributed by atoms with Crippen LogP contribution >= 0.6 is 0 Å². The third kappa shape index (κ3) is 2.85. The minimum Gasteiger partial charge on any atom is -0.476 e. The van der Waals surface area contributed by atoms with Gasteiger partial charge in [-0.05, 0) is 31.0 Å². The second-order valence-corrected chi connectivity index (χ2v) is 5.39. The molecule has 0 radical (unpaired) electrons. The lowest BCUT2D eigenvalue weighted by Gasteiger charge is -2.08. The normalized spacial score (nSPS) is 10.7. The third-order valence-corrected chi connectivity index (χ3v) is 3.79. The van der Waals surface area contributed by atoms with E-state index in [4.69, 9.17) is 0 Å². The van der Waals surface area contributed by atoms with Gasteiger partial charge in [-0.1, -0.05) is 54.1 Å². The van der Waals surface area contributed by atoms with E-state index >= 15 is 0 Å². The van der Waals surface area contributed by atoms with Crippen LogP contribution in [0.4, 0.5) is 0 Å². The fraction of sp³-hybridized carbons (Fsp3) is 0.167. The highest BCUT2D eigenvalue weighted by molar-refractivity contribution is 5.93. The van der Waals surface area contributed by atoms with E-state index in [1.165, 1.54) is 5.56 Å². The minimum absolute atomic E-state index is 0.0478. The minimum atomic E-state index is -1.09. The zero-order valence-electron chi connectivity index (χ0n) is 13.0. The number of carbonyl (C=O) groups is 1. The Morgan fingerprint density at radius 1 is 1.09 bits per heavy atom. The number of rotatable bonds is 4. The van der Waals surface area contributed by atoms with Gasteiger partial charge in [-0.3, -0.25) is 0 Å². The molecule has 0 aliphatic heterocycles. The van der Waals surface area contributed by atoms with E-state index in [9.17, 15) is 9.90 Å². The molecule has 5 heteroatoms. The van der Waals surface area contributed by atoms with Gasteiger partial charge in [-0.2, -0.15) is 0 Å². The van der Waals surface area contributed by atoms with Crippen molar-refractivity contribution in [1.29, 1.82) is 0 Å². The van der Waals surface area contributed by atoms with Crippen molar-refractivity contribution in [3.8, 4) is 16.9 Å². The average molecular weight is 307 g/mol. The fourth-order valence-corrected chi connectivity index (χ4v) is 2.45. The Morgan fingerprint density at radius 2 is 1.74 bits per heavy atom. The number of carboxylic acid groups (broad SMARTS) is 1. The molecule has 3 rings (SSSR count). The molecule has 116 valence electrons. The largest absolute Gasteiger partial charge is 0.476 e. The molecule has 1 heterocycles. The first-order valence-electron chi connectivity index (χ1n) is 7.45. The molecule has 0 spiro atoms. The maximum Gasteiger partial charge on any atom is 0.358 e. The maximum absolute atomic E-state index is 11.5. The second kappa shape index (κ2) is 6.04. The van der Waals surface area contributed by atoms with Gasteiger partial charge in [0.05, 0.1) is 5.69 Å². The molecule has 0 aliphatic carbocycles. The number of aromatic carboxylic acids is 1. The molecule has 0 bridgehead atoms. The smallest absolute Gasteiger partial charge is 0.358 e. The number of hydrogen-bond acceptors (Lipinski definition) is 3. The van der Waals surface area contributed by atoms with Gasteiger partial charge >= 0.3 is 5.97 Å². The van der Waals surface area contributed by atoms with E-state index in [2.05, 4.69) is 17.2 Å². The third-order valence-electron chi connectivity index (χ3n) is 3.79. The summed E-state index contributed by atoms with van der Waals surface area (Å²) in [6.07, 6.45) is 0.947. The molecular weight excluding hydrogens is 290 g/mol. The molecule has 0 saturated carbocycles. The van der Waals surface area contributed by atoms with E-state index in [0.29, 0.717) is 5.69 Å². The Bertz CT molecular complexity index is 834. The predicted octanol–water partition coefficient (Wildman–Crippen LogP) is 3.50. The van der Waals surface area contributed by atoms with Crippen molar-refractivity contribution in [2.24, 2.45) is 0 Å². The van der Waals surface area contributed by atoms with Gasteiger partial charge in [0.2, 0.25) is 0 Å². The van der Waals surface area contributed by atoms with E-state index in [-0.39, 0.29) is 5.69 Å². The van der Waals surface area contributed by atoms with Crippen LogP contribution < -0.4 is 0 Å². The lowest BCUT2D eigenvalue weighted by Crippen LogP contribution is -2.03. The van der Waals surface area contributed by atoms with Gasteiger partial charge in [0.15, 0.2) is 5.69 Å². The predicted molar refractivity (Wildman–Crippen MR) is 87.9 cm³/mol. The summed E-state index contributed by atoms with van der Waals surface area (Å²) < 4.78 is 1.58. The molecule has 0 saturated heterocycles. The molecule has 1 aromatic heterocycles. The van der Waals surface area contributed by atoms with Crippen LogP contribution in [0, 0.1) is 6.92 Å². The summed E-state index contributed by atoms with van der Waals surface area (Å²) in [5, 5.41) is 17.3. The Hall–Kier alpha value is -2.95. The van der Waals surface area contributed by atoms with E-state index in [1.807, 2.05) is 55.5 Å². The molecular formula is C18H17N3O2. The monoisotopic (exact) mass is 307 g/mol. The summed E-state index contributed by atoms with van der Waals surface area (Å²) in [6.45, 7) is 4.08. The van der Waals surface area contributed by atoms with E-state index < -0.39 is 5.97 Å². The van der Waals surface area contributed by atoms with Crippen LogP contribution in [0.5, 0.6) is 0 Å². The first-order valence-corrected chi connectivity index (χ1v) is 7.45. The first kappa shape index (κ1) is 15.0. The summed E-state index contributed by atoms with van der Waals surface area (Å²) in [4.78, 5) is 11.5. The highest BCUT2D eigenvalue weighted by Crippen LogP contribution is 2.26. The van der Waals surface area contributed by atoms with Crippen LogP contribution in [0.15, 0.2) is 48.5 Å². The number of aryl methyl sites for hydroxylation is 2. The van der Waals surface area contributed by atoms with Crippen LogP contribution in [0.3, 0.4) is 0 Å². The Kier molecular flexibility index (Phi) is 3.93. The fourth-order valence-electron chi connectivity index (χ4n) is 2.45. The molecule has 0 fully saturated rings. The number of hydrogen-bond donors (Lipinski definition) is 1. The number of aromatic nitrogens is 3. The van der Waals surface area contributed by atoms with Crippen LogP contribution in [-0.4, -0.2) is 26.1 Å². The number of nitrogens with zero attached hydrogens (tertiary/aromatic N) is 3. The molecule has 2 aromatic carbocycles. The van der Waals surface area contributed by atoms with Crippen LogP contribution in [0.25, 0.3) is 16.9 Å². The highest BCUT2D eigenvalue weighted by atomic mass is 16.4. The van der Waals surface area contributed by atoms with Crippen molar-refractivity contribution in [2.45, 2.75) is 20.3 Å². The van der Waals surface area contributed by atoms with Gasteiger partial charge in [0.1, 0.15) is 5.69 Å². The quantitative estimate of drug-likeness (QED) is 0.801. The maximum atomic E-state index is 11.5. The number of benzene rings is 2. The van der Waals surface area contributed by atoms with Crippen molar-refractivity contribution in [2.75, 3.05) is 0 Å². The molecule has 0 unspecified atom stereocenters. The molecule has 1 N–H and O–H groups in total. The van der Waals surface area contributed by atoms with Crippen molar-refractivity contribution >= 4 is 5.97 Å². The lowest BCUT2D eigenvalue weighted by atomic mass is 10.1. The van der Waals surface area contributed by atoms with Crippen LogP contribution in [0.1, 0.15) is 28.5 Å². The standard InChI is InChI=1S/C18H17N3O2/c1-3-13-6-10-15(11-7-13)21-17(16(18(22)23)19-20-21)14-8-4-12(2)5-9-14/h4-11H,3H2,1-2H3,(H,22,23). The topological polar surface area (TPSA) is 68.0 Å². The molecule has 0 amide bonds. The van der Waals surface area contributed by atoms with Gasteiger partial charge in [0.25, 0.3) is 0 Å². The van der Waals surface area contributed by atoms with Crippen molar-refractivity contribution in [3.63, 3.8) is 0 Å². The summed E-state index contributed by atoms with van der Waals surface area (Å²) in [5.74, 6) is -1.09. The van der Waals surface area contributed by atoms with E-state index in [0.717, 1.165) is 23.2 Å². The average Bonchev–Trinajstić information content (AvgIpc) is 3.01. The van der Waals surface area contributed by atoms with E-state index in [1.54, 1.807) is 4.68 Å². The van der Waals surface area contributed by atoms with Gasteiger partial charge in [-0.15, -0.1) is 5.10 Å². The molecule has 0 atom stereocenters. The van der Waals surface area contributed by atoms with Crippen molar-refractivity contribution < 1.29 is 9.90 Å². The molecule has 5 nitrogen and oxygen atoms in total. The second-order valence-electron chi connectivity index (χ2n) is 5.39. The summed E-state index contributed by atoms with van der Waals surface area (Å²) in [6, 6.07) is 15.5. The molecule has 3 aromatic rings. The van der Waals surface area contributed by atoms with Gasteiger partial charge < -0.3 is 5.11 Å². The summed E-state index contributed by atoms with van der Waals surface area (Å²) in [7, 11) is 0. The van der Waals surface area contributed by atoms with Gasteiger partial charge in [-0.25, -0.2) is 9.48 Å². The number of carboxylic acids is 1. The molecule has 23 heavy (non-hydrogen) atoms. The summed E-state index contributed by atoms with van der Waals surface area (Å²) >= 11 is 0. The summed E-state index contributed by atoms with van der Waals surface area (Å²) in [5.41, 5.74) is 4.33. The first-order chi connectivity index (χ1) is 11.1. The highest BCUT2D eigenvalue weighted by Gasteiger charge is 2.21. The Morgan fingerprint density at radius 3 is 2.30 bits per heavy atom. The Labute approximate surface area is 134 Å². The zero-order chi connectivity index (χ0) is 16.4. The zero-order valence-corrected chi connectivity index (χ0v) is 13.0. The van der Waals surface area contributed by atoms with Crippen LogP contribution in [0.2, 0.25) is 0 Å². The van der Waals surface area contributed by atoms with Crippen molar-refractivity contribution in [1.82, 2.24) is 15.0 Å². The van der Waals surface area contributed by atoms with Crippen molar-refractivity contribution in [3.05, 3.63) is 65.4 Å².